The zero-order valence-electron chi connectivity index (χ0n) is 27.9. The van der Waals surface area contributed by atoms with E-state index in [0.29, 0.717) is 23.6 Å². The summed E-state index contributed by atoms with van der Waals surface area (Å²) in [6.45, 7) is 0. The van der Waals surface area contributed by atoms with Crippen LogP contribution in [0.15, 0.2) is 153 Å². The summed E-state index contributed by atoms with van der Waals surface area (Å²) in [4.78, 5) is -2.94. The normalized spacial score (nSPS) is 11.8. The van der Waals surface area contributed by atoms with Gasteiger partial charge in [0.25, 0.3) is 20.2 Å². The predicted molar refractivity (Wildman–Crippen MR) is 195 cm³/mol. The van der Waals surface area contributed by atoms with Crippen LogP contribution in [0.25, 0.3) is 22.3 Å². The van der Waals surface area contributed by atoms with Crippen molar-refractivity contribution < 1.29 is 53.3 Å². The number of hydrogen-bond donors (Lipinski definition) is 2. The van der Waals surface area contributed by atoms with Crippen LogP contribution in [-0.4, -0.2) is 48.6 Å². The fraction of sp³-hybridized carbons (Fsp3) is 0.0526. The Morgan fingerprint density at radius 3 is 0.943 bits per heavy atom. The lowest BCUT2D eigenvalue weighted by molar-refractivity contribution is 0.415. The highest BCUT2D eigenvalue weighted by atomic mass is 32.2. The SMILES string of the molecule is COc1ccc(-c2ccc(Oc3ccc(S(=O)(=O)c4ccc(Oc5ccc(-c6ccc(OC)cc6)cc5)c(S(=O)(=O)O)c4)cc3S(=O)(=O)O)cc2)cc1. The molecule has 6 aromatic carbocycles. The van der Waals surface area contributed by atoms with E-state index in [1.165, 1.54) is 0 Å². The summed E-state index contributed by atoms with van der Waals surface area (Å²) in [6, 6.07) is 33.3. The molecule has 0 radical (unpaired) electrons. The molecule has 0 fully saturated rings. The van der Waals surface area contributed by atoms with Crippen LogP contribution in [0.4, 0.5) is 0 Å². The number of sulfone groups is 1. The standard InChI is InChI=1S/C38H30O12S3/c1-47-29-11-3-25(4-12-29)27-7-15-31(16-8-27)49-35-21-19-33(23-37(35)52(41,42)43)51(39,40)34-20-22-36(38(24-34)53(44,45)46)50-32-17-9-28(10-18-32)26-5-13-30(48-2)14-6-26/h3-24H,1-2H3,(H,41,42,43)(H,44,45,46). The number of methoxy groups -OCH3 is 2. The molecule has 0 bridgehead atoms. The predicted octanol–water partition coefficient (Wildman–Crippen LogP) is 7.95. The molecule has 0 aliphatic rings. The fourth-order valence-electron chi connectivity index (χ4n) is 5.27. The molecule has 6 aromatic rings. The summed E-state index contributed by atoms with van der Waals surface area (Å²) in [7, 11) is -11.6. The second kappa shape index (κ2) is 14.7. The van der Waals surface area contributed by atoms with E-state index in [1.807, 2.05) is 24.3 Å². The van der Waals surface area contributed by atoms with Gasteiger partial charge in [-0.15, -0.1) is 0 Å². The molecule has 0 unspecified atom stereocenters. The molecule has 0 heterocycles. The van der Waals surface area contributed by atoms with E-state index in [1.54, 1.807) is 87.0 Å². The fourth-order valence-corrected chi connectivity index (χ4v) is 8.01. The van der Waals surface area contributed by atoms with E-state index >= 15 is 0 Å². The van der Waals surface area contributed by atoms with Crippen molar-refractivity contribution >= 4 is 30.1 Å². The second-order valence-corrected chi connectivity index (χ2v) is 16.1. The lowest BCUT2D eigenvalue weighted by atomic mass is 10.1. The molecule has 6 rings (SSSR count). The van der Waals surface area contributed by atoms with Crippen LogP contribution in [-0.2, 0) is 30.1 Å². The molecule has 0 saturated carbocycles. The average Bonchev–Trinajstić information content (AvgIpc) is 3.15. The highest BCUT2D eigenvalue weighted by Crippen LogP contribution is 2.37. The van der Waals surface area contributed by atoms with Gasteiger partial charge in [0.15, 0.2) is 0 Å². The first kappa shape index (κ1) is 37.1. The molecule has 2 N–H and O–H groups in total. The maximum atomic E-state index is 13.7. The van der Waals surface area contributed by atoms with Crippen LogP contribution < -0.4 is 18.9 Å². The smallest absolute Gasteiger partial charge is 0.298 e. The number of hydrogen-bond acceptors (Lipinski definition) is 10. The third-order valence-corrected chi connectivity index (χ3v) is 11.5. The third kappa shape index (κ3) is 8.35. The minimum Gasteiger partial charge on any atom is -0.497 e. The van der Waals surface area contributed by atoms with Gasteiger partial charge in [0.1, 0.15) is 44.3 Å². The van der Waals surface area contributed by atoms with Crippen molar-refractivity contribution in [1.82, 2.24) is 0 Å². The van der Waals surface area contributed by atoms with Crippen molar-refractivity contribution in [3.05, 3.63) is 133 Å². The average molecular weight is 775 g/mol. The molecule has 0 aliphatic heterocycles. The summed E-state index contributed by atoms with van der Waals surface area (Å²) >= 11 is 0. The van der Waals surface area contributed by atoms with Crippen molar-refractivity contribution in [3.8, 4) is 56.8 Å². The van der Waals surface area contributed by atoms with E-state index in [9.17, 15) is 34.4 Å². The van der Waals surface area contributed by atoms with Crippen LogP contribution >= 0.6 is 0 Å². The Morgan fingerprint density at radius 1 is 0.396 bits per heavy atom. The van der Waals surface area contributed by atoms with Crippen LogP contribution in [0, 0.1) is 0 Å². The van der Waals surface area contributed by atoms with Gasteiger partial charge in [0, 0.05) is 0 Å². The summed E-state index contributed by atoms with van der Waals surface area (Å²) in [5, 5.41) is 0. The first-order chi connectivity index (χ1) is 25.1. The zero-order valence-corrected chi connectivity index (χ0v) is 30.4. The minimum atomic E-state index is -5.04. The molecule has 0 aliphatic carbocycles. The molecule has 12 nitrogen and oxygen atoms in total. The van der Waals surface area contributed by atoms with Crippen molar-refractivity contribution in [2.24, 2.45) is 0 Å². The van der Waals surface area contributed by atoms with Gasteiger partial charge < -0.3 is 18.9 Å². The maximum Gasteiger partial charge on any atom is 0.298 e. The van der Waals surface area contributed by atoms with E-state index in [4.69, 9.17) is 18.9 Å². The summed E-state index contributed by atoms with van der Waals surface area (Å²) < 4.78 is 119. The Hall–Kier alpha value is -5.71. The van der Waals surface area contributed by atoms with Gasteiger partial charge in [0.05, 0.1) is 24.0 Å². The first-order valence-electron chi connectivity index (χ1n) is 15.5. The third-order valence-electron chi connectivity index (χ3n) is 8.02. The Morgan fingerprint density at radius 2 is 0.679 bits per heavy atom. The Kier molecular flexibility index (Phi) is 10.3. The lowest BCUT2D eigenvalue weighted by Crippen LogP contribution is -2.08. The minimum absolute atomic E-state index is 0.187. The molecule has 0 amide bonds. The van der Waals surface area contributed by atoms with Gasteiger partial charge in [-0.05, 0) is 107 Å². The van der Waals surface area contributed by atoms with E-state index in [2.05, 4.69) is 0 Å². The zero-order chi connectivity index (χ0) is 38.0. The Labute approximate surface area is 306 Å². The highest BCUT2D eigenvalue weighted by Gasteiger charge is 2.28. The van der Waals surface area contributed by atoms with Gasteiger partial charge in [-0.2, -0.15) is 16.8 Å². The molecule has 53 heavy (non-hydrogen) atoms. The number of benzene rings is 6. The van der Waals surface area contributed by atoms with Crippen molar-refractivity contribution in [2.45, 2.75) is 19.6 Å². The number of ether oxygens (including phenoxy) is 4. The summed E-state index contributed by atoms with van der Waals surface area (Å²) in [6.07, 6.45) is 0. The van der Waals surface area contributed by atoms with Gasteiger partial charge in [-0.25, -0.2) is 8.42 Å². The molecule has 272 valence electrons. The van der Waals surface area contributed by atoms with Crippen LogP contribution in [0.1, 0.15) is 0 Å². The number of rotatable bonds is 12. The molecule has 0 atom stereocenters. The first-order valence-corrected chi connectivity index (χ1v) is 19.8. The van der Waals surface area contributed by atoms with Crippen LogP contribution in [0.2, 0.25) is 0 Å². The quantitative estimate of drug-likeness (QED) is 0.115. The maximum absolute atomic E-state index is 13.7. The lowest BCUT2D eigenvalue weighted by Gasteiger charge is -2.14. The Bertz CT molecular complexity index is 2430. The molecule has 0 saturated heterocycles. The van der Waals surface area contributed by atoms with E-state index in [0.717, 1.165) is 46.5 Å². The molecule has 0 spiro atoms. The van der Waals surface area contributed by atoms with Crippen LogP contribution in [0.3, 0.4) is 0 Å². The van der Waals surface area contributed by atoms with Crippen molar-refractivity contribution in [1.29, 1.82) is 0 Å². The van der Waals surface area contributed by atoms with E-state index in [-0.39, 0.29) is 23.0 Å². The monoisotopic (exact) mass is 774 g/mol. The van der Waals surface area contributed by atoms with Crippen molar-refractivity contribution in [3.63, 3.8) is 0 Å². The van der Waals surface area contributed by atoms with Crippen molar-refractivity contribution in [2.75, 3.05) is 14.2 Å². The van der Waals surface area contributed by atoms with Gasteiger partial charge >= 0.3 is 0 Å². The molecule has 15 heteroatoms. The summed E-state index contributed by atoms with van der Waals surface area (Å²) in [5.74, 6) is 1.00. The molecule has 0 aromatic heterocycles. The molecular weight excluding hydrogens is 745 g/mol. The van der Waals surface area contributed by atoms with Gasteiger partial charge in [-0.1, -0.05) is 48.5 Å². The van der Waals surface area contributed by atoms with Gasteiger partial charge in [-0.3, -0.25) is 9.11 Å². The van der Waals surface area contributed by atoms with Crippen LogP contribution in [0.5, 0.6) is 34.5 Å². The highest BCUT2D eigenvalue weighted by molar-refractivity contribution is 7.91. The van der Waals surface area contributed by atoms with Gasteiger partial charge in [0.2, 0.25) is 9.84 Å². The molecular formula is C38H30O12S3. The topological polar surface area (TPSA) is 180 Å². The summed E-state index contributed by atoms with van der Waals surface area (Å²) in [5.41, 5.74) is 3.39. The second-order valence-electron chi connectivity index (χ2n) is 11.4. The van der Waals surface area contributed by atoms with E-state index < -0.39 is 49.7 Å². The largest absolute Gasteiger partial charge is 0.497 e. The Balaban J connectivity index is 1.27.